The minimum atomic E-state index is -0.563. The lowest BCUT2D eigenvalue weighted by Crippen LogP contribution is -2.59. The lowest BCUT2D eigenvalue weighted by Gasteiger charge is -2.42. The van der Waals surface area contributed by atoms with Crippen LogP contribution in [-0.4, -0.2) is 58.9 Å². The van der Waals surface area contributed by atoms with Crippen molar-refractivity contribution in [2.24, 2.45) is 0 Å². The third kappa shape index (κ3) is 3.07. The van der Waals surface area contributed by atoms with Crippen molar-refractivity contribution in [2.75, 3.05) is 18.1 Å². The first-order valence-corrected chi connectivity index (χ1v) is 11.2. The standard InChI is InChI=1S/C21H26N4O4S/c1-11-17-13(7-9-24(11)20(27)29-21(2,3)4)22-18(26)25(17)19-23-16-12-8-10-28-14(12)5-6-15(16)30-19/h5-6,11,13,17H,7-10H2,1-4H3,(H,22,26)/t11-,13+,17-/m0/s1. The number of aromatic nitrogens is 1. The number of amides is 3. The van der Waals surface area contributed by atoms with Crippen LogP contribution in [0.15, 0.2) is 12.1 Å². The number of nitrogens with zero attached hydrogens (tertiary/aromatic N) is 3. The Morgan fingerprint density at radius 3 is 2.93 bits per heavy atom. The van der Waals surface area contributed by atoms with Crippen LogP contribution in [0.2, 0.25) is 0 Å². The van der Waals surface area contributed by atoms with Gasteiger partial charge >= 0.3 is 12.1 Å². The second-order valence-electron chi connectivity index (χ2n) is 9.10. The number of likely N-dealkylation sites (tertiary alicyclic amines) is 1. The zero-order valence-corrected chi connectivity index (χ0v) is 18.4. The number of hydrogen-bond acceptors (Lipinski definition) is 6. The maximum absolute atomic E-state index is 12.9. The fraction of sp³-hybridized carbons (Fsp3) is 0.571. The van der Waals surface area contributed by atoms with Crippen LogP contribution in [0.5, 0.6) is 5.75 Å². The molecule has 4 heterocycles. The topological polar surface area (TPSA) is 84.0 Å². The molecule has 3 atom stereocenters. The first-order chi connectivity index (χ1) is 14.2. The van der Waals surface area contributed by atoms with E-state index in [0.717, 1.165) is 28.0 Å². The Bertz CT molecular complexity index is 1030. The van der Waals surface area contributed by atoms with E-state index in [4.69, 9.17) is 14.5 Å². The van der Waals surface area contributed by atoms with E-state index >= 15 is 0 Å². The van der Waals surface area contributed by atoms with Crippen LogP contribution in [0.3, 0.4) is 0 Å². The average molecular weight is 431 g/mol. The van der Waals surface area contributed by atoms with E-state index in [1.165, 1.54) is 11.3 Å². The third-order valence-corrected chi connectivity index (χ3v) is 6.98. The van der Waals surface area contributed by atoms with Crippen molar-refractivity contribution in [2.45, 2.75) is 64.3 Å². The van der Waals surface area contributed by atoms with E-state index < -0.39 is 5.60 Å². The van der Waals surface area contributed by atoms with Gasteiger partial charge in [0.05, 0.1) is 34.9 Å². The summed E-state index contributed by atoms with van der Waals surface area (Å²) in [5, 5.41) is 3.75. The van der Waals surface area contributed by atoms with Crippen LogP contribution in [0, 0.1) is 0 Å². The SMILES string of the molecule is C[C@H]1[C@H]2[C@@H](CCN1C(=O)OC(C)(C)C)NC(=O)N2c1nc2c3c(ccc2s1)OCC3. The molecular weight excluding hydrogens is 404 g/mol. The highest BCUT2D eigenvalue weighted by Gasteiger charge is 2.50. The molecule has 3 aliphatic heterocycles. The molecule has 2 aromatic rings. The molecule has 3 aliphatic rings. The van der Waals surface area contributed by atoms with E-state index in [2.05, 4.69) is 5.32 Å². The Kier molecular flexibility index (Phi) is 4.36. The normalized spacial score (nSPS) is 25.7. The molecule has 0 saturated carbocycles. The highest BCUT2D eigenvalue weighted by atomic mass is 32.1. The van der Waals surface area contributed by atoms with Crippen molar-refractivity contribution in [1.82, 2.24) is 15.2 Å². The number of fused-ring (bicyclic) bond motifs is 4. The van der Waals surface area contributed by atoms with Crippen molar-refractivity contribution in [1.29, 1.82) is 0 Å². The summed E-state index contributed by atoms with van der Waals surface area (Å²) in [6.07, 6.45) is 1.17. The summed E-state index contributed by atoms with van der Waals surface area (Å²) in [7, 11) is 0. The highest BCUT2D eigenvalue weighted by Crippen LogP contribution is 2.40. The Morgan fingerprint density at radius 2 is 2.17 bits per heavy atom. The first-order valence-electron chi connectivity index (χ1n) is 10.4. The van der Waals surface area contributed by atoms with Crippen molar-refractivity contribution in [3.63, 3.8) is 0 Å². The molecular formula is C21H26N4O4S. The Labute approximate surface area is 179 Å². The molecule has 30 heavy (non-hydrogen) atoms. The fourth-order valence-corrected chi connectivity index (χ4v) is 5.68. The second-order valence-corrected chi connectivity index (χ2v) is 10.1. The van der Waals surface area contributed by atoms with Crippen molar-refractivity contribution < 1.29 is 19.1 Å². The summed E-state index contributed by atoms with van der Waals surface area (Å²) in [5.74, 6) is 0.880. The van der Waals surface area contributed by atoms with Crippen LogP contribution in [0.1, 0.15) is 39.7 Å². The largest absolute Gasteiger partial charge is 0.493 e. The molecule has 1 N–H and O–H groups in total. The van der Waals surface area contributed by atoms with Gasteiger partial charge in [-0.1, -0.05) is 11.3 Å². The summed E-state index contributed by atoms with van der Waals surface area (Å²) in [4.78, 5) is 34.0. The summed E-state index contributed by atoms with van der Waals surface area (Å²) in [5.41, 5.74) is 1.46. The number of urea groups is 1. The molecule has 2 fully saturated rings. The van der Waals surface area contributed by atoms with E-state index in [0.29, 0.717) is 24.7 Å². The fourth-order valence-electron chi connectivity index (χ4n) is 4.64. The lowest BCUT2D eigenvalue weighted by atomic mass is 9.93. The van der Waals surface area contributed by atoms with Gasteiger partial charge in [-0.05, 0) is 46.2 Å². The van der Waals surface area contributed by atoms with Crippen LogP contribution >= 0.6 is 11.3 Å². The number of rotatable bonds is 1. The molecule has 160 valence electrons. The molecule has 0 radical (unpaired) electrons. The molecule has 0 bridgehead atoms. The smallest absolute Gasteiger partial charge is 0.410 e. The van der Waals surface area contributed by atoms with E-state index in [1.54, 1.807) is 9.80 Å². The van der Waals surface area contributed by atoms with Gasteiger partial charge in [-0.2, -0.15) is 0 Å². The maximum Gasteiger partial charge on any atom is 0.410 e. The number of anilines is 1. The molecule has 2 saturated heterocycles. The van der Waals surface area contributed by atoms with Gasteiger partial charge < -0.3 is 19.7 Å². The van der Waals surface area contributed by atoms with Crippen LogP contribution in [0.4, 0.5) is 14.7 Å². The number of hydrogen-bond donors (Lipinski definition) is 1. The minimum Gasteiger partial charge on any atom is -0.493 e. The van der Waals surface area contributed by atoms with Gasteiger partial charge in [0.2, 0.25) is 0 Å². The zero-order valence-electron chi connectivity index (χ0n) is 17.6. The number of carbonyl (C=O) groups excluding carboxylic acids is 2. The summed E-state index contributed by atoms with van der Waals surface area (Å²) < 4.78 is 12.3. The molecule has 3 amide bonds. The molecule has 9 heteroatoms. The maximum atomic E-state index is 12.9. The first kappa shape index (κ1) is 19.4. The van der Waals surface area contributed by atoms with Crippen LogP contribution in [0.25, 0.3) is 10.2 Å². The van der Waals surface area contributed by atoms with E-state index in [-0.39, 0.29) is 30.2 Å². The molecule has 0 aliphatic carbocycles. The minimum absolute atomic E-state index is 0.0211. The summed E-state index contributed by atoms with van der Waals surface area (Å²) >= 11 is 1.51. The number of thiazole rings is 1. The van der Waals surface area contributed by atoms with Gasteiger partial charge in [-0.25, -0.2) is 14.6 Å². The Balaban J connectivity index is 1.48. The van der Waals surface area contributed by atoms with Gasteiger partial charge in [0.1, 0.15) is 11.4 Å². The van der Waals surface area contributed by atoms with E-state index in [1.807, 2.05) is 39.8 Å². The summed E-state index contributed by atoms with van der Waals surface area (Å²) in [6.45, 7) is 8.77. The van der Waals surface area contributed by atoms with Gasteiger partial charge in [0.15, 0.2) is 5.13 Å². The van der Waals surface area contributed by atoms with Crippen LogP contribution in [-0.2, 0) is 11.2 Å². The molecule has 1 aromatic carbocycles. The van der Waals surface area contributed by atoms with Gasteiger partial charge in [-0.15, -0.1) is 0 Å². The highest BCUT2D eigenvalue weighted by molar-refractivity contribution is 7.22. The van der Waals surface area contributed by atoms with Crippen molar-refractivity contribution >= 4 is 38.8 Å². The van der Waals surface area contributed by atoms with Crippen molar-refractivity contribution in [3.8, 4) is 5.75 Å². The molecule has 8 nitrogen and oxygen atoms in total. The van der Waals surface area contributed by atoms with Gasteiger partial charge in [0.25, 0.3) is 0 Å². The zero-order chi connectivity index (χ0) is 21.2. The summed E-state index contributed by atoms with van der Waals surface area (Å²) in [6, 6.07) is 3.42. The van der Waals surface area contributed by atoms with Crippen molar-refractivity contribution in [3.05, 3.63) is 17.7 Å². The van der Waals surface area contributed by atoms with Gasteiger partial charge in [-0.3, -0.25) is 4.90 Å². The Hall–Kier alpha value is -2.55. The Morgan fingerprint density at radius 1 is 1.37 bits per heavy atom. The predicted octanol–water partition coefficient (Wildman–Crippen LogP) is 3.53. The number of piperidine rings is 1. The number of carbonyl (C=O) groups is 2. The van der Waals surface area contributed by atoms with E-state index in [9.17, 15) is 9.59 Å². The molecule has 0 spiro atoms. The predicted molar refractivity (Wildman–Crippen MR) is 114 cm³/mol. The monoisotopic (exact) mass is 430 g/mol. The molecule has 0 unspecified atom stereocenters. The van der Waals surface area contributed by atoms with Gasteiger partial charge in [0, 0.05) is 18.5 Å². The average Bonchev–Trinajstić information content (AvgIpc) is 3.34. The van der Waals surface area contributed by atoms with Crippen LogP contribution < -0.4 is 15.0 Å². The second kappa shape index (κ2) is 6.73. The third-order valence-electron chi connectivity index (χ3n) is 5.96. The molecule has 1 aromatic heterocycles. The quantitative estimate of drug-likeness (QED) is 0.748. The molecule has 5 rings (SSSR count). The number of benzene rings is 1. The number of ether oxygens (including phenoxy) is 2. The lowest BCUT2D eigenvalue weighted by molar-refractivity contribution is 0.00815. The number of nitrogens with one attached hydrogen (secondary N) is 1.